The van der Waals surface area contributed by atoms with Crippen molar-refractivity contribution in [2.45, 2.75) is 65.7 Å². The molecular formula is C13H30OZr. The molecule has 0 atom stereocenters. The van der Waals surface area contributed by atoms with Gasteiger partial charge in [-0.15, -0.1) is 0 Å². The van der Waals surface area contributed by atoms with Crippen LogP contribution in [0.2, 0.25) is 0 Å². The fourth-order valence-electron chi connectivity index (χ4n) is 0.789. The molecule has 0 saturated heterocycles. The first-order valence-electron chi connectivity index (χ1n) is 5.94. The van der Waals surface area contributed by atoms with Crippen LogP contribution in [0.25, 0.3) is 0 Å². The van der Waals surface area contributed by atoms with Gasteiger partial charge in [-0.05, 0) is 6.42 Å². The van der Waals surface area contributed by atoms with Gasteiger partial charge in [0.15, 0.2) is 0 Å². The standard InChI is InChI=1S/C6H13.C5H12O.C2H5.Zr/c1-3-5-6-4-2;1-2-3-4-5-6;1-2;/h1,3-6H2,2H3;6H,2-5H2,1H3;1H2,2H3;/q-1;;-1;+2. The Hall–Kier alpha value is 0.843. The zero-order chi connectivity index (χ0) is 11.7. The minimum atomic E-state index is 0. The predicted octanol–water partition coefficient (Wildman–Crippen LogP) is 4.41. The summed E-state index contributed by atoms with van der Waals surface area (Å²) in [6.45, 7) is 13.4. The molecule has 2 heteroatoms. The van der Waals surface area contributed by atoms with Gasteiger partial charge in [0.05, 0.1) is 0 Å². The van der Waals surface area contributed by atoms with Crippen LogP contribution in [0, 0.1) is 13.8 Å². The van der Waals surface area contributed by atoms with Gasteiger partial charge >= 0.3 is 26.2 Å². The van der Waals surface area contributed by atoms with Gasteiger partial charge in [-0.3, -0.25) is 0 Å². The van der Waals surface area contributed by atoms with E-state index in [0.717, 1.165) is 19.3 Å². The van der Waals surface area contributed by atoms with Crippen molar-refractivity contribution in [2.75, 3.05) is 6.61 Å². The van der Waals surface area contributed by atoms with Gasteiger partial charge in [0, 0.05) is 6.61 Å². The Bertz CT molecular complexity index is 42.5. The molecule has 0 amide bonds. The van der Waals surface area contributed by atoms with Crippen LogP contribution in [-0.2, 0) is 26.2 Å². The first-order valence-corrected chi connectivity index (χ1v) is 5.94. The normalized spacial score (nSPS) is 7.60. The fraction of sp³-hybridized carbons (Fsp3) is 0.846. The Morgan fingerprint density at radius 1 is 0.867 bits per heavy atom. The Labute approximate surface area is 117 Å². The van der Waals surface area contributed by atoms with Crippen LogP contribution < -0.4 is 0 Å². The van der Waals surface area contributed by atoms with E-state index in [9.17, 15) is 0 Å². The summed E-state index contributed by atoms with van der Waals surface area (Å²) in [5.74, 6) is 0. The SMILES string of the molecule is CCCCCO.[CH2-]C.[CH2-]CCCCC.[Zr+2]. The van der Waals surface area contributed by atoms with Gasteiger partial charge in [-0.2, -0.15) is 13.3 Å². The van der Waals surface area contributed by atoms with Gasteiger partial charge < -0.3 is 19.0 Å². The minimum absolute atomic E-state index is 0. The molecule has 0 aromatic heterocycles. The first kappa shape index (κ1) is 24.9. The topological polar surface area (TPSA) is 20.2 Å². The Balaban J connectivity index is -0.0000000653. The molecule has 92 valence electrons. The molecule has 0 unspecified atom stereocenters. The minimum Gasteiger partial charge on any atom is -0.396 e. The van der Waals surface area contributed by atoms with Gasteiger partial charge in [0.1, 0.15) is 0 Å². The molecule has 1 nitrogen and oxygen atoms in total. The quantitative estimate of drug-likeness (QED) is 0.568. The molecule has 0 bridgehead atoms. The van der Waals surface area contributed by atoms with E-state index in [0.29, 0.717) is 6.61 Å². The second-order valence-electron chi connectivity index (χ2n) is 2.99. The van der Waals surface area contributed by atoms with E-state index < -0.39 is 0 Å². The zero-order valence-corrected chi connectivity index (χ0v) is 13.5. The molecule has 0 aliphatic rings. The number of aliphatic hydroxyl groups is 1. The Morgan fingerprint density at radius 2 is 1.27 bits per heavy atom. The molecular weight excluding hydrogens is 263 g/mol. The van der Waals surface area contributed by atoms with E-state index >= 15 is 0 Å². The van der Waals surface area contributed by atoms with Crippen molar-refractivity contribution in [3.05, 3.63) is 13.8 Å². The van der Waals surface area contributed by atoms with Crippen molar-refractivity contribution in [3.63, 3.8) is 0 Å². The first-order chi connectivity index (χ1) is 6.83. The van der Waals surface area contributed by atoms with E-state index in [1.807, 2.05) is 0 Å². The maximum absolute atomic E-state index is 8.20. The van der Waals surface area contributed by atoms with Crippen molar-refractivity contribution >= 4 is 0 Å². The number of rotatable bonds is 6. The summed E-state index contributed by atoms with van der Waals surface area (Å²) in [5.41, 5.74) is 0. The predicted molar refractivity (Wildman–Crippen MR) is 67.1 cm³/mol. The van der Waals surface area contributed by atoms with Crippen LogP contribution in [-0.4, -0.2) is 11.7 Å². The summed E-state index contributed by atoms with van der Waals surface area (Å²) in [6, 6.07) is 0. The number of aliphatic hydroxyl groups excluding tert-OH is 1. The third kappa shape index (κ3) is 52.3. The smallest absolute Gasteiger partial charge is 0.396 e. The third-order valence-electron chi connectivity index (χ3n) is 1.62. The van der Waals surface area contributed by atoms with Crippen molar-refractivity contribution in [1.29, 1.82) is 0 Å². The number of unbranched alkanes of at least 4 members (excludes halogenated alkanes) is 5. The average Bonchev–Trinajstić information content (AvgIpc) is 2.27. The molecule has 0 spiro atoms. The second kappa shape index (κ2) is 36.4. The van der Waals surface area contributed by atoms with Gasteiger partial charge in [0.2, 0.25) is 0 Å². The summed E-state index contributed by atoms with van der Waals surface area (Å²) in [4.78, 5) is 0. The summed E-state index contributed by atoms with van der Waals surface area (Å²) in [7, 11) is 0. The molecule has 0 aliphatic carbocycles. The molecule has 0 rings (SSSR count). The summed E-state index contributed by atoms with van der Waals surface area (Å²) >= 11 is 0. The summed E-state index contributed by atoms with van der Waals surface area (Å²) in [6.07, 6.45) is 8.40. The van der Waals surface area contributed by atoms with Crippen LogP contribution in [0.4, 0.5) is 0 Å². The van der Waals surface area contributed by atoms with E-state index in [-0.39, 0.29) is 26.2 Å². The van der Waals surface area contributed by atoms with E-state index in [1.54, 1.807) is 6.92 Å². The van der Waals surface area contributed by atoms with Crippen molar-refractivity contribution in [1.82, 2.24) is 0 Å². The van der Waals surface area contributed by atoms with Crippen molar-refractivity contribution < 1.29 is 31.3 Å². The number of hydrogen-bond acceptors (Lipinski definition) is 1. The number of hydrogen-bond donors (Lipinski definition) is 1. The molecule has 0 radical (unpaired) electrons. The Kier molecular flexibility index (Phi) is 60.3. The van der Waals surface area contributed by atoms with Crippen molar-refractivity contribution in [3.8, 4) is 0 Å². The van der Waals surface area contributed by atoms with Crippen LogP contribution >= 0.6 is 0 Å². The maximum Gasteiger partial charge on any atom is 2.00 e. The van der Waals surface area contributed by atoms with Crippen LogP contribution in [0.15, 0.2) is 0 Å². The zero-order valence-electron chi connectivity index (χ0n) is 11.0. The van der Waals surface area contributed by atoms with Gasteiger partial charge in [-0.25, -0.2) is 0 Å². The van der Waals surface area contributed by atoms with Crippen LogP contribution in [0.3, 0.4) is 0 Å². The maximum atomic E-state index is 8.20. The largest absolute Gasteiger partial charge is 2.00 e. The van der Waals surface area contributed by atoms with Crippen molar-refractivity contribution in [2.24, 2.45) is 0 Å². The van der Waals surface area contributed by atoms with Gasteiger partial charge in [0.25, 0.3) is 0 Å². The van der Waals surface area contributed by atoms with Gasteiger partial charge in [-0.1, -0.05) is 46.0 Å². The van der Waals surface area contributed by atoms with E-state index in [2.05, 4.69) is 27.7 Å². The monoisotopic (exact) mass is 292 g/mol. The second-order valence-corrected chi connectivity index (χ2v) is 2.99. The van der Waals surface area contributed by atoms with E-state index in [4.69, 9.17) is 5.11 Å². The Morgan fingerprint density at radius 3 is 1.40 bits per heavy atom. The molecule has 0 saturated carbocycles. The van der Waals surface area contributed by atoms with E-state index in [1.165, 1.54) is 25.7 Å². The molecule has 1 N–H and O–H groups in total. The molecule has 0 aromatic rings. The molecule has 0 aromatic carbocycles. The summed E-state index contributed by atoms with van der Waals surface area (Å²) in [5, 5.41) is 8.20. The molecule has 0 aliphatic heterocycles. The molecule has 15 heavy (non-hydrogen) atoms. The molecule has 0 heterocycles. The molecule has 0 fully saturated rings. The van der Waals surface area contributed by atoms with Crippen LogP contribution in [0.1, 0.15) is 65.7 Å². The average molecular weight is 294 g/mol. The fourth-order valence-corrected chi connectivity index (χ4v) is 0.789. The third-order valence-corrected chi connectivity index (χ3v) is 1.62. The summed E-state index contributed by atoms with van der Waals surface area (Å²) < 4.78 is 0. The van der Waals surface area contributed by atoms with Crippen LogP contribution in [0.5, 0.6) is 0 Å².